The molecule has 0 N–H and O–H groups in total. The number of carbonyl (C=O) groups is 4. The Balaban J connectivity index is 1.58. The van der Waals surface area contributed by atoms with E-state index in [4.69, 9.17) is 16.3 Å². The molecule has 2 aromatic carbocycles. The van der Waals surface area contributed by atoms with Crippen molar-refractivity contribution in [2.75, 3.05) is 18.6 Å². The van der Waals surface area contributed by atoms with Crippen molar-refractivity contribution in [3.63, 3.8) is 0 Å². The highest BCUT2D eigenvalue weighted by molar-refractivity contribution is 6.30. The van der Waals surface area contributed by atoms with Crippen LogP contribution in [0.25, 0.3) is 0 Å². The number of anilines is 1. The lowest BCUT2D eigenvalue weighted by Crippen LogP contribution is -2.31. The fraction of sp³-hybridized carbons (Fsp3) is 0.238. The molecule has 0 atom stereocenters. The van der Waals surface area contributed by atoms with Gasteiger partial charge < -0.3 is 9.64 Å². The van der Waals surface area contributed by atoms with Gasteiger partial charge in [-0.05, 0) is 35.9 Å². The van der Waals surface area contributed by atoms with Crippen LogP contribution in [0.2, 0.25) is 5.02 Å². The molecule has 1 saturated heterocycles. The van der Waals surface area contributed by atoms with E-state index in [9.17, 15) is 19.2 Å². The molecule has 1 aliphatic rings. The highest BCUT2D eigenvalue weighted by Gasteiger charge is 2.30. The highest BCUT2D eigenvalue weighted by atomic mass is 35.5. The molecule has 1 fully saturated rings. The third kappa shape index (κ3) is 5.00. The molecular weight excluding hydrogens is 396 g/mol. The van der Waals surface area contributed by atoms with Crippen LogP contribution in [0.1, 0.15) is 28.8 Å². The van der Waals surface area contributed by atoms with Gasteiger partial charge >= 0.3 is 5.97 Å². The van der Waals surface area contributed by atoms with Crippen LogP contribution in [0.3, 0.4) is 0 Å². The predicted molar refractivity (Wildman–Crippen MR) is 106 cm³/mol. The number of halogens is 1. The Hall–Kier alpha value is -3.19. The SMILES string of the molecule is CN(Cc1ccc(Cl)cc1)C(=O)COC(=O)c1cccc(N2C(=O)CCC2=O)c1. The molecule has 1 aliphatic heterocycles. The summed E-state index contributed by atoms with van der Waals surface area (Å²) in [6, 6.07) is 13.1. The number of hydrogen-bond donors (Lipinski definition) is 0. The monoisotopic (exact) mass is 414 g/mol. The van der Waals surface area contributed by atoms with Gasteiger partial charge in [0.25, 0.3) is 5.91 Å². The number of carbonyl (C=O) groups excluding carboxylic acids is 4. The van der Waals surface area contributed by atoms with Gasteiger partial charge in [-0.3, -0.25) is 19.3 Å². The first-order valence-corrected chi connectivity index (χ1v) is 9.34. The number of benzene rings is 2. The number of esters is 1. The minimum atomic E-state index is -0.709. The Labute approximate surface area is 172 Å². The van der Waals surface area contributed by atoms with Gasteiger partial charge in [-0.25, -0.2) is 4.79 Å². The molecule has 150 valence electrons. The first-order valence-electron chi connectivity index (χ1n) is 8.96. The number of rotatable bonds is 6. The molecular formula is C21H19ClN2O5. The number of ether oxygens (including phenoxy) is 1. The van der Waals surface area contributed by atoms with Crippen LogP contribution >= 0.6 is 11.6 Å². The van der Waals surface area contributed by atoms with Gasteiger partial charge in [0.05, 0.1) is 11.3 Å². The minimum Gasteiger partial charge on any atom is -0.452 e. The number of hydrogen-bond acceptors (Lipinski definition) is 5. The Morgan fingerprint density at radius 1 is 1.07 bits per heavy atom. The van der Waals surface area contributed by atoms with E-state index in [0.717, 1.165) is 10.5 Å². The van der Waals surface area contributed by atoms with Crippen molar-refractivity contribution in [3.05, 3.63) is 64.7 Å². The van der Waals surface area contributed by atoms with E-state index in [0.29, 0.717) is 17.3 Å². The summed E-state index contributed by atoms with van der Waals surface area (Å²) in [5.41, 5.74) is 1.37. The zero-order valence-corrected chi connectivity index (χ0v) is 16.5. The van der Waals surface area contributed by atoms with Crippen LogP contribution in [-0.2, 0) is 25.7 Å². The maximum atomic E-state index is 12.3. The van der Waals surface area contributed by atoms with E-state index in [2.05, 4.69) is 0 Å². The normalized spacial score (nSPS) is 13.5. The molecule has 29 heavy (non-hydrogen) atoms. The first-order chi connectivity index (χ1) is 13.8. The standard InChI is InChI=1S/C21H19ClN2O5/c1-23(12-14-5-7-16(22)8-6-14)20(27)13-29-21(28)15-3-2-4-17(11-15)24-18(25)9-10-19(24)26/h2-8,11H,9-10,12-13H2,1H3. The largest absolute Gasteiger partial charge is 0.452 e. The Bertz CT molecular complexity index is 942. The fourth-order valence-corrected chi connectivity index (χ4v) is 3.04. The molecule has 7 nitrogen and oxygen atoms in total. The van der Waals surface area contributed by atoms with Crippen molar-refractivity contribution < 1.29 is 23.9 Å². The highest BCUT2D eigenvalue weighted by Crippen LogP contribution is 2.23. The predicted octanol–water partition coefficient (Wildman–Crippen LogP) is 2.81. The lowest BCUT2D eigenvalue weighted by molar-refractivity contribution is -0.133. The first kappa shape index (κ1) is 20.5. The van der Waals surface area contributed by atoms with Crippen molar-refractivity contribution in [3.8, 4) is 0 Å². The molecule has 0 aliphatic carbocycles. The quantitative estimate of drug-likeness (QED) is 0.536. The summed E-state index contributed by atoms with van der Waals surface area (Å²) in [4.78, 5) is 50.7. The van der Waals surface area contributed by atoms with Crippen LogP contribution in [0.5, 0.6) is 0 Å². The summed E-state index contributed by atoms with van der Waals surface area (Å²) < 4.78 is 5.10. The third-order valence-electron chi connectivity index (χ3n) is 4.48. The van der Waals surface area contributed by atoms with E-state index in [1.165, 1.54) is 17.0 Å². The Morgan fingerprint density at radius 3 is 2.38 bits per heavy atom. The Morgan fingerprint density at radius 2 is 1.72 bits per heavy atom. The van der Waals surface area contributed by atoms with Gasteiger partial charge in [0, 0.05) is 31.5 Å². The average molecular weight is 415 g/mol. The molecule has 0 bridgehead atoms. The summed E-state index contributed by atoms with van der Waals surface area (Å²) in [5.74, 6) is -1.69. The lowest BCUT2D eigenvalue weighted by Gasteiger charge is -2.17. The maximum absolute atomic E-state index is 12.3. The van der Waals surface area contributed by atoms with E-state index in [1.54, 1.807) is 31.3 Å². The van der Waals surface area contributed by atoms with Gasteiger partial charge in [0.2, 0.25) is 11.8 Å². The van der Waals surface area contributed by atoms with Crippen LogP contribution in [0.4, 0.5) is 5.69 Å². The number of imide groups is 1. The number of amides is 3. The Kier molecular flexibility index (Phi) is 6.29. The van der Waals surface area contributed by atoms with Gasteiger partial charge in [0.15, 0.2) is 6.61 Å². The second kappa shape index (κ2) is 8.87. The molecule has 8 heteroatoms. The molecule has 0 spiro atoms. The fourth-order valence-electron chi connectivity index (χ4n) is 2.91. The summed E-state index contributed by atoms with van der Waals surface area (Å²) >= 11 is 5.84. The second-order valence-electron chi connectivity index (χ2n) is 6.63. The molecule has 0 saturated carbocycles. The minimum absolute atomic E-state index is 0.155. The maximum Gasteiger partial charge on any atom is 0.338 e. The van der Waals surface area contributed by atoms with Crippen LogP contribution in [0, 0.1) is 0 Å². The van der Waals surface area contributed by atoms with Gasteiger partial charge in [-0.2, -0.15) is 0 Å². The van der Waals surface area contributed by atoms with Crippen molar-refractivity contribution in [1.82, 2.24) is 4.90 Å². The molecule has 2 aromatic rings. The molecule has 1 heterocycles. The molecule has 0 unspecified atom stereocenters. The van der Waals surface area contributed by atoms with Crippen molar-refractivity contribution in [1.29, 1.82) is 0 Å². The van der Waals surface area contributed by atoms with E-state index >= 15 is 0 Å². The summed E-state index contributed by atoms with van der Waals surface area (Å²) in [6.45, 7) is -0.0725. The summed E-state index contributed by atoms with van der Waals surface area (Å²) in [7, 11) is 1.61. The topological polar surface area (TPSA) is 84.0 Å². The van der Waals surface area contributed by atoms with Gasteiger partial charge in [-0.15, -0.1) is 0 Å². The van der Waals surface area contributed by atoms with E-state index in [-0.39, 0.29) is 36.1 Å². The van der Waals surface area contributed by atoms with Crippen molar-refractivity contribution >= 4 is 41.0 Å². The lowest BCUT2D eigenvalue weighted by atomic mass is 10.2. The summed E-state index contributed by atoms with van der Waals surface area (Å²) in [6.07, 6.45) is 0.309. The third-order valence-corrected chi connectivity index (χ3v) is 4.73. The average Bonchev–Trinajstić information content (AvgIpc) is 3.05. The van der Waals surface area contributed by atoms with Crippen molar-refractivity contribution in [2.45, 2.75) is 19.4 Å². The molecule has 3 amide bonds. The summed E-state index contributed by atoms with van der Waals surface area (Å²) in [5, 5.41) is 0.608. The molecule has 0 aromatic heterocycles. The zero-order chi connectivity index (χ0) is 21.0. The number of likely N-dealkylation sites (N-methyl/N-ethyl adjacent to an activating group) is 1. The number of nitrogens with zero attached hydrogens (tertiary/aromatic N) is 2. The van der Waals surface area contributed by atoms with Gasteiger partial charge in [-0.1, -0.05) is 29.8 Å². The van der Waals surface area contributed by atoms with E-state index in [1.807, 2.05) is 12.1 Å². The second-order valence-corrected chi connectivity index (χ2v) is 7.06. The van der Waals surface area contributed by atoms with Crippen LogP contribution < -0.4 is 4.90 Å². The van der Waals surface area contributed by atoms with Gasteiger partial charge in [0.1, 0.15) is 0 Å². The van der Waals surface area contributed by atoms with E-state index < -0.39 is 12.6 Å². The zero-order valence-electron chi connectivity index (χ0n) is 15.8. The molecule has 3 rings (SSSR count). The molecule has 0 radical (unpaired) electrons. The van der Waals surface area contributed by atoms with Crippen molar-refractivity contribution in [2.24, 2.45) is 0 Å². The van der Waals surface area contributed by atoms with Crippen LogP contribution in [-0.4, -0.2) is 42.2 Å². The van der Waals surface area contributed by atoms with Crippen LogP contribution in [0.15, 0.2) is 48.5 Å². The smallest absolute Gasteiger partial charge is 0.338 e.